The van der Waals surface area contributed by atoms with Crippen molar-refractivity contribution in [2.24, 2.45) is 5.10 Å². The third-order valence-electron chi connectivity index (χ3n) is 6.28. The normalized spacial score (nSPS) is 14.5. The number of hydrogen-bond donors (Lipinski definition) is 1. The number of ether oxygens (including phenoxy) is 2. The number of nitrogens with zero attached hydrogens (tertiary/aromatic N) is 2. The topological polar surface area (TPSA) is 71.4 Å². The van der Waals surface area contributed by atoms with E-state index in [4.69, 9.17) is 9.47 Å². The van der Waals surface area contributed by atoms with Gasteiger partial charge < -0.3 is 14.6 Å². The summed E-state index contributed by atoms with van der Waals surface area (Å²) in [6.07, 6.45) is 0. The predicted octanol–water partition coefficient (Wildman–Crippen LogP) is 7.47. The van der Waals surface area contributed by atoms with Crippen LogP contribution in [0, 0.1) is 17.5 Å². The molecular formula is C31H23F3N2O4S. The van der Waals surface area contributed by atoms with Gasteiger partial charge in [0.15, 0.2) is 11.5 Å². The minimum absolute atomic E-state index is 0.0440. The van der Waals surface area contributed by atoms with Gasteiger partial charge >= 0.3 is 0 Å². The van der Waals surface area contributed by atoms with Crippen LogP contribution >= 0.6 is 11.8 Å². The molecule has 0 radical (unpaired) electrons. The molecule has 1 aliphatic heterocycles. The Morgan fingerprint density at radius 2 is 1.63 bits per heavy atom. The summed E-state index contributed by atoms with van der Waals surface area (Å²) in [5.41, 5.74) is 1.63. The molecule has 208 valence electrons. The van der Waals surface area contributed by atoms with Gasteiger partial charge in [0.25, 0.3) is 5.91 Å². The lowest BCUT2D eigenvalue weighted by molar-refractivity contribution is 0.0737. The molecule has 0 aliphatic carbocycles. The number of carbonyl (C=O) groups excluding carboxylic acids is 1. The van der Waals surface area contributed by atoms with E-state index in [1.54, 1.807) is 42.5 Å². The molecule has 1 atom stereocenters. The Kier molecular flexibility index (Phi) is 8.02. The van der Waals surface area contributed by atoms with E-state index >= 15 is 0 Å². The number of methoxy groups -OCH3 is 1. The minimum atomic E-state index is -1.02. The van der Waals surface area contributed by atoms with E-state index in [0.717, 1.165) is 34.5 Å². The highest BCUT2D eigenvalue weighted by atomic mass is 32.2. The van der Waals surface area contributed by atoms with Gasteiger partial charge in [-0.15, -0.1) is 0 Å². The summed E-state index contributed by atoms with van der Waals surface area (Å²) in [5, 5.41) is 14.4. The van der Waals surface area contributed by atoms with Gasteiger partial charge in [0, 0.05) is 16.7 Å². The molecule has 1 heterocycles. The fourth-order valence-corrected chi connectivity index (χ4v) is 5.40. The van der Waals surface area contributed by atoms with Crippen LogP contribution in [-0.4, -0.2) is 28.2 Å². The summed E-state index contributed by atoms with van der Waals surface area (Å²) in [4.78, 5) is 13.5. The molecule has 1 amide bonds. The number of rotatable bonds is 8. The van der Waals surface area contributed by atoms with Crippen molar-refractivity contribution < 1.29 is 32.5 Å². The van der Waals surface area contributed by atoms with Crippen molar-refractivity contribution in [3.05, 3.63) is 137 Å². The third kappa shape index (κ3) is 5.78. The van der Waals surface area contributed by atoms with E-state index < -0.39 is 34.3 Å². The quantitative estimate of drug-likeness (QED) is 0.220. The van der Waals surface area contributed by atoms with E-state index in [0.29, 0.717) is 33.2 Å². The number of aliphatic hydroxyl groups excluding tert-OH is 1. The molecular weight excluding hydrogens is 553 g/mol. The van der Waals surface area contributed by atoms with Crippen LogP contribution in [0.4, 0.5) is 13.2 Å². The number of thioether (sulfide) groups is 1. The zero-order valence-corrected chi connectivity index (χ0v) is 22.5. The fraction of sp³-hybridized carbons (Fsp3) is 0.0968. The highest BCUT2D eigenvalue weighted by molar-refractivity contribution is 8.14. The van der Waals surface area contributed by atoms with Crippen LogP contribution in [0.2, 0.25) is 0 Å². The lowest BCUT2D eigenvalue weighted by Crippen LogP contribution is -2.28. The first kappa shape index (κ1) is 27.9. The molecule has 0 fully saturated rings. The average Bonchev–Trinajstić information content (AvgIpc) is 3.41. The van der Waals surface area contributed by atoms with Crippen LogP contribution in [0.25, 0.3) is 5.76 Å². The lowest BCUT2D eigenvalue weighted by atomic mass is 10.1. The molecule has 5 rings (SSSR count). The maximum absolute atomic E-state index is 14.6. The van der Waals surface area contributed by atoms with Gasteiger partial charge in [0.05, 0.1) is 7.11 Å². The highest BCUT2D eigenvalue weighted by Crippen LogP contribution is 2.48. The van der Waals surface area contributed by atoms with Crippen molar-refractivity contribution in [3.63, 3.8) is 0 Å². The molecule has 1 aliphatic rings. The van der Waals surface area contributed by atoms with E-state index in [9.17, 15) is 23.1 Å². The van der Waals surface area contributed by atoms with Crippen molar-refractivity contribution in [3.8, 4) is 11.5 Å². The largest absolute Gasteiger partial charge is 0.508 e. The number of hydrazone groups is 1. The molecule has 0 saturated heterocycles. The van der Waals surface area contributed by atoms with E-state index in [1.807, 2.05) is 0 Å². The van der Waals surface area contributed by atoms with Crippen LogP contribution in [0.1, 0.15) is 38.0 Å². The highest BCUT2D eigenvalue weighted by Gasteiger charge is 2.38. The summed E-state index contributed by atoms with van der Waals surface area (Å²) in [5.74, 6) is -2.87. The number of amides is 1. The van der Waals surface area contributed by atoms with Gasteiger partial charge in [-0.05, 0) is 48.0 Å². The molecule has 0 bridgehead atoms. The van der Waals surface area contributed by atoms with Gasteiger partial charge in [-0.1, -0.05) is 60.8 Å². The second-order valence-electron chi connectivity index (χ2n) is 8.94. The zero-order chi connectivity index (χ0) is 29.1. The maximum Gasteiger partial charge on any atom is 0.281 e. The van der Waals surface area contributed by atoms with E-state index in [2.05, 4.69) is 11.7 Å². The van der Waals surface area contributed by atoms with Crippen LogP contribution in [-0.2, 0) is 6.61 Å². The van der Waals surface area contributed by atoms with E-state index in [-0.39, 0.29) is 12.4 Å². The summed E-state index contributed by atoms with van der Waals surface area (Å²) < 4.78 is 54.6. The molecule has 0 spiro atoms. The predicted molar refractivity (Wildman–Crippen MR) is 151 cm³/mol. The van der Waals surface area contributed by atoms with Gasteiger partial charge in [-0.3, -0.25) is 4.79 Å². The molecule has 41 heavy (non-hydrogen) atoms. The molecule has 4 aromatic carbocycles. The second-order valence-corrected chi connectivity index (χ2v) is 10.0. The fourth-order valence-electron chi connectivity index (χ4n) is 4.23. The minimum Gasteiger partial charge on any atom is -0.508 e. The van der Waals surface area contributed by atoms with Crippen LogP contribution < -0.4 is 9.47 Å². The van der Waals surface area contributed by atoms with Crippen molar-refractivity contribution in [2.75, 3.05) is 7.11 Å². The molecule has 10 heteroatoms. The van der Waals surface area contributed by atoms with Gasteiger partial charge in [-0.2, -0.15) is 5.10 Å². The maximum atomic E-state index is 14.6. The lowest BCUT2D eigenvalue weighted by Gasteiger charge is -2.24. The third-order valence-corrected chi connectivity index (χ3v) is 7.50. The van der Waals surface area contributed by atoms with Crippen LogP contribution in [0.15, 0.2) is 96.6 Å². The summed E-state index contributed by atoms with van der Waals surface area (Å²) >= 11 is 1.14. The van der Waals surface area contributed by atoms with Gasteiger partial charge in [0.2, 0.25) is 0 Å². The van der Waals surface area contributed by atoms with Gasteiger partial charge in [0.1, 0.15) is 45.8 Å². The van der Waals surface area contributed by atoms with Crippen molar-refractivity contribution in [1.29, 1.82) is 0 Å². The standard InChI is InChI=1S/C31H23F3N2O4S/c1-18(37)20-11-9-19(10-12-20)17-40-26-8-3-5-23(28(26)39-2)31-36(30(38)27-24(33)6-4-7-25(27)34)35-29(41-31)21-13-15-22(32)16-14-21/h3-16,31,37H,1,17H2,2H3. The Bertz CT molecular complexity index is 1620. The molecule has 1 unspecified atom stereocenters. The average molecular weight is 577 g/mol. The monoisotopic (exact) mass is 576 g/mol. The Balaban J connectivity index is 1.50. The molecule has 1 N–H and O–H groups in total. The number of para-hydroxylation sites is 1. The summed E-state index contributed by atoms with van der Waals surface area (Å²) in [6, 6.07) is 20.8. The molecule has 6 nitrogen and oxygen atoms in total. The SMILES string of the molecule is C=C(O)c1ccc(COc2cccc(C3SC(c4ccc(F)cc4)=NN3C(=O)c3c(F)cccc3F)c2OC)cc1. The van der Waals surface area contributed by atoms with Crippen molar-refractivity contribution in [1.82, 2.24) is 5.01 Å². The summed E-state index contributed by atoms with van der Waals surface area (Å²) in [7, 11) is 1.44. The second kappa shape index (κ2) is 11.8. The first-order valence-corrected chi connectivity index (χ1v) is 13.2. The molecule has 0 aromatic heterocycles. The Morgan fingerprint density at radius 1 is 0.976 bits per heavy atom. The number of hydrogen-bond acceptors (Lipinski definition) is 6. The van der Waals surface area contributed by atoms with Crippen molar-refractivity contribution >= 4 is 28.5 Å². The smallest absolute Gasteiger partial charge is 0.281 e. The van der Waals surface area contributed by atoms with Crippen LogP contribution in [0.3, 0.4) is 0 Å². The number of halogens is 3. The van der Waals surface area contributed by atoms with E-state index in [1.165, 1.54) is 37.4 Å². The first-order valence-electron chi connectivity index (χ1n) is 12.3. The summed E-state index contributed by atoms with van der Waals surface area (Å²) in [6.45, 7) is 3.67. The first-order chi connectivity index (χ1) is 19.8. The van der Waals surface area contributed by atoms with Crippen molar-refractivity contribution in [2.45, 2.75) is 12.0 Å². The molecule has 4 aromatic rings. The Hall–Kier alpha value is -4.70. The Morgan fingerprint density at radius 3 is 2.27 bits per heavy atom. The zero-order valence-electron chi connectivity index (χ0n) is 21.7. The number of carbonyl (C=O) groups is 1. The van der Waals surface area contributed by atoms with Crippen LogP contribution in [0.5, 0.6) is 11.5 Å². The number of benzene rings is 4. The molecule has 0 saturated carbocycles. The number of aliphatic hydroxyl groups is 1. The Labute approximate surface area is 238 Å². The van der Waals surface area contributed by atoms with Gasteiger partial charge in [-0.25, -0.2) is 18.2 Å².